The number of carbonyl (C=O) groups excluding carboxylic acids is 2. The van der Waals surface area contributed by atoms with Crippen molar-refractivity contribution < 1.29 is 23.1 Å². The van der Waals surface area contributed by atoms with Crippen LogP contribution in [0.25, 0.3) is 0 Å². The average Bonchev–Trinajstić information content (AvgIpc) is 3.08. The molecule has 3 aliphatic rings. The molecule has 1 unspecified atom stereocenters. The summed E-state index contributed by atoms with van der Waals surface area (Å²) in [5.74, 6) is -1.85. The van der Waals surface area contributed by atoms with E-state index in [-0.39, 0.29) is 11.5 Å². The zero-order valence-electron chi connectivity index (χ0n) is 21.3. The maximum atomic E-state index is 14.7. The number of amides is 2. The van der Waals surface area contributed by atoms with Crippen LogP contribution in [0, 0.1) is 11.6 Å². The van der Waals surface area contributed by atoms with Crippen LogP contribution < -0.4 is 11.1 Å². The summed E-state index contributed by atoms with van der Waals surface area (Å²) in [5.41, 5.74) is 8.12. The SMILES string of the molecule is N[C@@H]1c2cccnc2[C@H](OC(=O)N2CCCC3(CC2)C(=O)Nc2ncccc23)CC[C@H]1c1cccc(F)c1F. The van der Waals surface area contributed by atoms with Gasteiger partial charge in [0.2, 0.25) is 5.91 Å². The predicted octanol–water partition coefficient (Wildman–Crippen LogP) is 4.89. The third kappa shape index (κ3) is 4.32. The highest BCUT2D eigenvalue weighted by Gasteiger charge is 2.48. The van der Waals surface area contributed by atoms with Gasteiger partial charge in [0.25, 0.3) is 0 Å². The van der Waals surface area contributed by atoms with Crippen molar-refractivity contribution in [3.63, 3.8) is 0 Å². The van der Waals surface area contributed by atoms with E-state index in [4.69, 9.17) is 10.5 Å². The van der Waals surface area contributed by atoms with Gasteiger partial charge in [0.1, 0.15) is 11.9 Å². The predicted molar refractivity (Wildman–Crippen MR) is 139 cm³/mol. The maximum absolute atomic E-state index is 14.7. The summed E-state index contributed by atoms with van der Waals surface area (Å²) in [7, 11) is 0. The molecule has 202 valence electrons. The highest BCUT2D eigenvalue weighted by Crippen LogP contribution is 2.45. The molecule has 0 radical (unpaired) electrons. The molecule has 2 aliphatic heterocycles. The molecule has 6 rings (SSSR count). The van der Waals surface area contributed by atoms with Crippen LogP contribution in [-0.2, 0) is 14.9 Å². The van der Waals surface area contributed by atoms with Crippen LogP contribution >= 0.6 is 0 Å². The van der Waals surface area contributed by atoms with Crippen molar-refractivity contribution in [3.05, 3.63) is 88.9 Å². The van der Waals surface area contributed by atoms with E-state index in [1.54, 1.807) is 35.5 Å². The zero-order chi connectivity index (χ0) is 27.1. The molecular weight excluding hydrogens is 504 g/mol. The Morgan fingerprint density at radius 3 is 2.69 bits per heavy atom. The lowest BCUT2D eigenvalue weighted by molar-refractivity contribution is -0.121. The first-order valence-electron chi connectivity index (χ1n) is 13.3. The van der Waals surface area contributed by atoms with E-state index in [1.165, 1.54) is 6.07 Å². The van der Waals surface area contributed by atoms with Gasteiger partial charge in [0.05, 0.1) is 11.1 Å². The fourth-order valence-electron chi connectivity index (χ4n) is 6.37. The Morgan fingerprint density at radius 1 is 1.03 bits per heavy atom. The summed E-state index contributed by atoms with van der Waals surface area (Å²) in [4.78, 5) is 36.8. The standard InChI is InChI=1S/C29H29F2N5O3/c30-21-8-1-5-17(23(21)31)18-9-10-22(25-19(24(18)32)6-2-13-33-25)39-28(38)36-15-4-11-29(12-16-36)20-7-3-14-34-26(20)35-27(29)37/h1-3,5-8,13-14,18,22,24H,4,9-12,15-16,32H2,(H,34,35,37)/t18-,22+,24-,29?/m0/s1. The smallest absolute Gasteiger partial charge is 0.410 e. The number of ether oxygens (including phenoxy) is 1. The van der Waals surface area contributed by atoms with E-state index in [9.17, 15) is 18.4 Å². The number of anilines is 1. The highest BCUT2D eigenvalue weighted by molar-refractivity contribution is 6.05. The van der Waals surface area contributed by atoms with E-state index >= 15 is 0 Å². The van der Waals surface area contributed by atoms with Gasteiger partial charge < -0.3 is 20.7 Å². The van der Waals surface area contributed by atoms with Crippen LogP contribution in [0.5, 0.6) is 0 Å². The first kappa shape index (κ1) is 25.4. The molecule has 39 heavy (non-hydrogen) atoms. The van der Waals surface area contributed by atoms with Gasteiger partial charge in [-0.1, -0.05) is 24.3 Å². The largest absolute Gasteiger partial charge is 0.440 e. The number of rotatable bonds is 2. The molecule has 1 spiro atoms. The minimum absolute atomic E-state index is 0.0853. The summed E-state index contributed by atoms with van der Waals surface area (Å²) >= 11 is 0. The molecule has 10 heteroatoms. The number of pyridine rings is 2. The van der Waals surface area contributed by atoms with Gasteiger partial charge in [0.15, 0.2) is 11.6 Å². The van der Waals surface area contributed by atoms with Crippen LogP contribution in [0.15, 0.2) is 54.9 Å². The maximum Gasteiger partial charge on any atom is 0.410 e. The monoisotopic (exact) mass is 533 g/mol. The number of hydrogen-bond acceptors (Lipinski definition) is 6. The molecule has 3 aromatic rings. The number of hydrogen-bond donors (Lipinski definition) is 2. The molecule has 1 aromatic carbocycles. The van der Waals surface area contributed by atoms with Gasteiger partial charge in [-0.15, -0.1) is 0 Å². The summed E-state index contributed by atoms with van der Waals surface area (Å²) in [6, 6.07) is 10.7. The van der Waals surface area contributed by atoms with E-state index < -0.39 is 41.2 Å². The zero-order valence-corrected chi connectivity index (χ0v) is 21.3. The second-order valence-electron chi connectivity index (χ2n) is 10.5. The molecule has 4 atom stereocenters. The molecule has 8 nitrogen and oxygen atoms in total. The lowest BCUT2D eigenvalue weighted by atomic mass is 9.76. The molecule has 1 aliphatic carbocycles. The summed E-state index contributed by atoms with van der Waals surface area (Å²) in [6.45, 7) is 0.793. The van der Waals surface area contributed by atoms with Crippen molar-refractivity contribution in [3.8, 4) is 0 Å². The summed E-state index contributed by atoms with van der Waals surface area (Å²) < 4.78 is 34.8. The van der Waals surface area contributed by atoms with E-state index in [1.807, 2.05) is 12.1 Å². The van der Waals surface area contributed by atoms with Crippen LogP contribution in [0.3, 0.4) is 0 Å². The number of nitrogens with zero attached hydrogens (tertiary/aromatic N) is 3. The van der Waals surface area contributed by atoms with Gasteiger partial charge >= 0.3 is 6.09 Å². The first-order valence-corrected chi connectivity index (χ1v) is 13.3. The number of nitrogens with one attached hydrogen (secondary N) is 1. The second-order valence-corrected chi connectivity index (χ2v) is 10.5. The normalized spacial score (nSPS) is 26.3. The Kier molecular flexibility index (Phi) is 6.50. The third-order valence-corrected chi connectivity index (χ3v) is 8.42. The summed E-state index contributed by atoms with van der Waals surface area (Å²) in [5, 5.41) is 2.89. The van der Waals surface area contributed by atoms with Gasteiger partial charge in [-0.3, -0.25) is 9.78 Å². The van der Waals surface area contributed by atoms with Crippen molar-refractivity contribution in [1.82, 2.24) is 14.9 Å². The number of likely N-dealkylation sites (tertiary alicyclic amines) is 1. The van der Waals surface area contributed by atoms with Crippen molar-refractivity contribution >= 4 is 17.8 Å². The van der Waals surface area contributed by atoms with E-state index in [2.05, 4.69) is 15.3 Å². The highest BCUT2D eigenvalue weighted by atomic mass is 19.2. The van der Waals surface area contributed by atoms with Crippen molar-refractivity contribution in [2.75, 3.05) is 18.4 Å². The van der Waals surface area contributed by atoms with Gasteiger partial charge in [-0.2, -0.15) is 0 Å². The fourth-order valence-corrected chi connectivity index (χ4v) is 6.37. The van der Waals surface area contributed by atoms with Crippen molar-refractivity contribution in [2.24, 2.45) is 5.73 Å². The molecule has 2 aromatic heterocycles. The molecule has 2 amide bonds. The minimum Gasteiger partial charge on any atom is -0.440 e. The molecule has 3 N–H and O–H groups in total. The molecule has 4 heterocycles. The minimum atomic E-state index is -0.924. The van der Waals surface area contributed by atoms with Crippen LogP contribution in [0.4, 0.5) is 19.4 Å². The molecule has 1 fully saturated rings. The number of nitrogens with two attached hydrogens (primary N) is 1. The number of benzene rings is 1. The number of carbonyl (C=O) groups is 2. The topological polar surface area (TPSA) is 110 Å². The van der Waals surface area contributed by atoms with Gasteiger partial charge in [-0.05, 0) is 61.4 Å². The fraction of sp³-hybridized carbons (Fsp3) is 0.379. The number of fused-ring (bicyclic) bond motifs is 3. The van der Waals surface area contributed by atoms with Crippen LogP contribution in [-0.4, -0.2) is 40.0 Å². The molecular formula is C29H29F2N5O3. The van der Waals surface area contributed by atoms with Crippen molar-refractivity contribution in [1.29, 1.82) is 0 Å². The Morgan fingerprint density at radius 2 is 1.82 bits per heavy atom. The Bertz CT molecular complexity index is 1440. The average molecular weight is 534 g/mol. The molecule has 0 saturated carbocycles. The molecule has 0 bridgehead atoms. The lowest BCUT2D eigenvalue weighted by Crippen LogP contribution is -2.37. The van der Waals surface area contributed by atoms with Crippen molar-refractivity contribution in [2.45, 2.75) is 55.6 Å². The first-order chi connectivity index (χ1) is 18.9. The van der Waals surface area contributed by atoms with Crippen LogP contribution in [0.2, 0.25) is 0 Å². The Balaban J connectivity index is 1.21. The quantitative estimate of drug-likeness (QED) is 0.454. The summed E-state index contributed by atoms with van der Waals surface area (Å²) in [6.07, 6.45) is 4.48. The van der Waals surface area contributed by atoms with E-state index in [0.717, 1.165) is 11.6 Å². The second kappa shape index (κ2) is 10.00. The van der Waals surface area contributed by atoms with Crippen LogP contribution in [0.1, 0.15) is 72.6 Å². The number of halogens is 2. The molecule has 1 saturated heterocycles. The van der Waals surface area contributed by atoms with E-state index in [0.29, 0.717) is 62.3 Å². The number of aromatic nitrogens is 2. The van der Waals surface area contributed by atoms with Gasteiger partial charge in [0, 0.05) is 43.0 Å². The third-order valence-electron chi connectivity index (χ3n) is 8.42. The van der Waals surface area contributed by atoms with Gasteiger partial charge in [-0.25, -0.2) is 18.6 Å². The Hall–Kier alpha value is -3.92. The lowest BCUT2D eigenvalue weighted by Gasteiger charge is -2.26. The Labute approximate surface area is 224 Å².